The molecule has 29 heavy (non-hydrogen) atoms. The molecule has 0 radical (unpaired) electrons. The van der Waals surface area contributed by atoms with E-state index in [1.165, 1.54) is 0 Å². The lowest BCUT2D eigenvalue weighted by atomic mass is 10.0. The highest BCUT2D eigenvalue weighted by atomic mass is 16.1. The number of carbonyl (C=O) groups is 1. The number of carbonyl (C=O) groups excluding carboxylic acids is 1. The van der Waals surface area contributed by atoms with E-state index in [1.54, 1.807) is 0 Å². The Labute approximate surface area is 174 Å². The highest BCUT2D eigenvalue weighted by Gasteiger charge is 2.29. The molecule has 6 heteroatoms. The second-order valence-electron chi connectivity index (χ2n) is 8.32. The van der Waals surface area contributed by atoms with Gasteiger partial charge < -0.3 is 10.2 Å². The predicted octanol–water partition coefficient (Wildman–Crippen LogP) is 4.27. The summed E-state index contributed by atoms with van der Waals surface area (Å²) in [6.07, 6.45) is 1.86. The standard InChI is InChI=1S/C23H33N5O/c1-6-7-12-25-23(29)18(13-24)21-22(28(14-16(2)3)15-17(4)5)27-20-11-9-8-10-19(20)26-21/h8-11,16-18H,6-7,12,14-15H2,1-5H3,(H,25,29). The van der Waals surface area contributed by atoms with Crippen LogP contribution in [0.2, 0.25) is 0 Å². The van der Waals surface area contributed by atoms with Crippen molar-refractivity contribution in [2.45, 2.75) is 53.4 Å². The minimum Gasteiger partial charge on any atom is -0.355 e. The second-order valence-corrected chi connectivity index (χ2v) is 8.32. The normalized spacial score (nSPS) is 12.2. The van der Waals surface area contributed by atoms with E-state index in [9.17, 15) is 10.1 Å². The van der Waals surface area contributed by atoms with Crippen molar-refractivity contribution in [2.24, 2.45) is 11.8 Å². The van der Waals surface area contributed by atoms with E-state index in [1.807, 2.05) is 24.3 Å². The van der Waals surface area contributed by atoms with Gasteiger partial charge in [0.2, 0.25) is 5.91 Å². The number of hydrogen-bond donors (Lipinski definition) is 1. The van der Waals surface area contributed by atoms with E-state index in [2.05, 4.69) is 50.9 Å². The van der Waals surface area contributed by atoms with Crippen molar-refractivity contribution in [1.29, 1.82) is 5.26 Å². The number of nitriles is 1. The molecule has 6 nitrogen and oxygen atoms in total. The van der Waals surface area contributed by atoms with Crippen LogP contribution in [0.15, 0.2) is 24.3 Å². The van der Waals surface area contributed by atoms with Crippen LogP contribution in [0.5, 0.6) is 0 Å². The Kier molecular flexibility index (Phi) is 8.38. The molecule has 0 bridgehead atoms. The summed E-state index contributed by atoms with van der Waals surface area (Å²) < 4.78 is 0. The zero-order chi connectivity index (χ0) is 21.4. The average molecular weight is 396 g/mol. The van der Waals surface area contributed by atoms with Gasteiger partial charge in [0.1, 0.15) is 5.69 Å². The molecule has 2 rings (SSSR count). The smallest absolute Gasteiger partial charge is 0.243 e. The zero-order valence-corrected chi connectivity index (χ0v) is 18.3. The molecule has 1 aromatic heterocycles. The molecule has 1 heterocycles. The highest BCUT2D eigenvalue weighted by Crippen LogP contribution is 2.28. The minimum atomic E-state index is -0.985. The number of anilines is 1. The Morgan fingerprint density at radius 2 is 1.69 bits per heavy atom. The number of para-hydroxylation sites is 2. The molecule has 0 aliphatic heterocycles. The Balaban J connectivity index is 2.56. The van der Waals surface area contributed by atoms with E-state index < -0.39 is 5.92 Å². The summed E-state index contributed by atoms with van der Waals surface area (Å²) in [7, 11) is 0. The maximum absolute atomic E-state index is 12.8. The molecule has 1 atom stereocenters. The Morgan fingerprint density at radius 3 is 2.21 bits per heavy atom. The van der Waals surface area contributed by atoms with Gasteiger partial charge in [0, 0.05) is 19.6 Å². The van der Waals surface area contributed by atoms with Crippen LogP contribution in [0.4, 0.5) is 5.82 Å². The minimum absolute atomic E-state index is 0.305. The van der Waals surface area contributed by atoms with Crippen LogP contribution in [0.25, 0.3) is 11.0 Å². The second kappa shape index (κ2) is 10.8. The van der Waals surface area contributed by atoms with Gasteiger partial charge in [-0.1, -0.05) is 53.2 Å². The SMILES string of the molecule is CCCCNC(=O)C(C#N)c1nc2ccccc2nc1N(CC(C)C)CC(C)C. The molecule has 1 N–H and O–H groups in total. The van der Waals surface area contributed by atoms with Crippen molar-refractivity contribution in [3.63, 3.8) is 0 Å². The number of fused-ring (bicyclic) bond motifs is 1. The zero-order valence-electron chi connectivity index (χ0n) is 18.3. The lowest BCUT2D eigenvalue weighted by Gasteiger charge is -2.29. The summed E-state index contributed by atoms with van der Waals surface area (Å²) in [6, 6.07) is 9.78. The van der Waals surface area contributed by atoms with Gasteiger partial charge in [-0.15, -0.1) is 0 Å². The van der Waals surface area contributed by atoms with Crippen molar-refractivity contribution < 1.29 is 4.79 Å². The third-order valence-electron chi connectivity index (χ3n) is 4.54. The number of unbranched alkanes of at least 4 members (excludes halogenated alkanes) is 1. The average Bonchev–Trinajstić information content (AvgIpc) is 2.67. The monoisotopic (exact) mass is 395 g/mol. The lowest BCUT2D eigenvalue weighted by Crippen LogP contribution is -2.35. The number of aromatic nitrogens is 2. The van der Waals surface area contributed by atoms with Gasteiger partial charge in [-0.2, -0.15) is 5.26 Å². The summed E-state index contributed by atoms with van der Waals surface area (Å²) >= 11 is 0. The first-order chi connectivity index (χ1) is 13.9. The van der Waals surface area contributed by atoms with Crippen LogP contribution >= 0.6 is 0 Å². The molecule has 0 aliphatic carbocycles. The molecule has 0 spiro atoms. The summed E-state index contributed by atoms with van der Waals surface area (Å²) in [5.41, 5.74) is 1.91. The van der Waals surface area contributed by atoms with Gasteiger partial charge in [0.15, 0.2) is 11.7 Å². The van der Waals surface area contributed by atoms with E-state index in [-0.39, 0.29) is 5.91 Å². The third kappa shape index (κ3) is 6.15. The van der Waals surface area contributed by atoms with E-state index in [4.69, 9.17) is 9.97 Å². The maximum Gasteiger partial charge on any atom is 0.243 e. The molecule has 2 aromatic rings. The number of rotatable bonds is 10. The molecule has 1 aromatic carbocycles. The van der Waals surface area contributed by atoms with Gasteiger partial charge in [-0.3, -0.25) is 4.79 Å². The molecule has 0 saturated heterocycles. The van der Waals surface area contributed by atoms with E-state index >= 15 is 0 Å². The van der Waals surface area contributed by atoms with Crippen LogP contribution in [-0.2, 0) is 4.79 Å². The molecule has 156 valence electrons. The summed E-state index contributed by atoms with van der Waals surface area (Å²) in [4.78, 5) is 24.6. The Morgan fingerprint density at radius 1 is 1.10 bits per heavy atom. The number of hydrogen-bond acceptors (Lipinski definition) is 5. The fourth-order valence-corrected chi connectivity index (χ4v) is 3.29. The quantitative estimate of drug-likeness (QED) is 0.608. The van der Waals surface area contributed by atoms with Crippen LogP contribution in [0.3, 0.4) is 0 Å². The van der Waals surface area contributed by atoms with Crippen molar-refractivity contribution >= 4 is 22.8 Å². The van der Waals surface area contributed by atoms with Gasteiger partial charge in [-0.25, -0.2) is 9.97 Å². The third-order valence-corrected chi connectivity index (χ3v) is 4.54. The lowest BCUT2D eigenvalue weighted by molar-refractivity contribution is -0.121. The van der Waals surface area contributed by atoms with Crippen LogP contribution < -0.4 is 10.2 Å². The molecular weight excluding hydrogens is 362 g/mol. The van der Waals surface area contributed by atoms with Crippen LogP contribution in [0, 0.1) is 23.2 Å². The molecule has 0 saturated carbocycles. The Hall–Kier alpha value is -2.68. The number of nitrogens with one attached hydrogen (secondary N) is 1. The van der Waals surface area contributed by atoms with E-state index in [0.29, 0.717) is 35.4 Å². The molecule has 0 fully saturated rings. The van der Waals surface area contributed by atoms with Gasteiger partial charge in [0.05, 0.1) is 17.1 Å². The molecule has 1 unspecified atom stereocenters. The van der Waals surface area contributed by atoms with E-state index in [0.717, 1.165) is 31.4 Å². The number of benzene rings is 1. The highest BCUT2D eigenvalue weighted by molar-refractivity contribution is 5.88. The fourth-order valence-electron chi connectivity index (χ4n) is 3.29. The van der Waals surface area contributed by atoms with Crippen LogP contribution in [-0.4, -0.2) is 35.5 Å². The maximum atomic E-state index is 12.8. The first kappa shape index (κ1) is 22.6. The van der Waals surface area contributed by atoms with Gasteiger partial charge in [0.25, 0.3) is 0 Å². The van der Waals surface area contributed by atoms with Crippen molar-refractivity contribution in [3.05, 3.63) is 30.0 Å². The number of amides is 1. The number of nitrogens with zero attached hydrogens (tertiary/aromatic N) is 4. The summed E-state index contributed by atoms with van der Waals surface area (Å²) in [6.45, 7) is 12.8. The van der Waals surface area contributed by atoms with Gasteiger partial charge >= 0.3 is 0 Å². The van der Waals surface area contributed by atoms with Gasteiger partial charge in [-0.05, 0) is 30.4 Å². The summed E-state index contributed by atoms with van der Waals surface area (Å²) in [5.74, 6) is 0.174. The predicted molar refractivity (Wildman–Crippen MR) is 118 cm³/mol. The molecule has 1 amide bonds. The molecule has 0 aliphatic rings. The van der Waals surface area contributed by atoms with Crippen molar-refractivity contribution in [2.75, 3.05) is 24.5 Å². The fraction of sp³-hybridized carbons (Fsp3) is 0.565. The van der Waals surface area contributed by atoms with Crippen molar-refractivity contribution in [1.82, 2.24) is 15.3 Å². The van der Waals surface area contributed by atoms with Crippen LogP contribution in [0.1, 0.15) is 59.1 Å². The first-order valence-electron chi connectivity index (χ1n) is 10.6. The Bertz CT molecular complexity index is 846. The molecular formula is C23H33N5O. The topological polar surface area (TPSA) is 81.9 Å². The van der Waals surface area contributed by atoms with Crippen molar-refractivity contribution in [3.8, 4) is 6.07 Å². The largest absolute Gasteiger partial charge is 0.355 e. The summed E-state index contributed by atoms with van der Waals surface area (Å²) in [5, 5.41) is 12.7. The first-order valence-corrected chi connectivity index (χ1v) is 10.6.